The molecule has 1 heterocycles. The van der Waals surface area contributed by atoms with Gasteiger partial charge >= 0.3 is 5.97 Å². The molecule has 1 aromatic heterocycles. The Morgan fingerprint density at radius 2 is 1.80 bits per heavy atom. The minimum atomic E-state index is -0.146. The van der Waals surface area contributed by atoms with Gasteiger partial charge in [0.2, 0.25) is 0 Å². The zero-order valence-electron chi connectivity index (χ0n) is 17.9. The normalized spacial score (nSPS) is 16.3. The molecular formula is C25H31NO3S. The molecule has 4 rings (SSSR count). The molecule has 0 unspecified atom stereocenters. The summed E-state index contributed by atoms with van der Waals surface area (Å²) in [4.78, 5) is 17.7. The molecule has 5 heteroatoms. The standard InChI is InChI=1S/C25H31NO3S/c1-28-24(27)12-6-7-18-13-15-20(16-14-18)29-17-19-8-2-3-9-21(19)25-26-22-10-4-5-11-23(22)30-25/h13-16H,2-12,17H2,1H3. The fourth-order valence-corrected chi connectivity index (χ4v) is 5.60. The molecule has 0 fully saturated rings. The number of ether oxygens (including phenoxy) is 2. The minimum absolute atomic E-state index is 0.146. The van der Waals surface area contributed by atoms with Crippen LogP contribution in [0.5, 0.6) is 5.75 Å². The fraction of sp³-hybridized carbons (Fsp3) is 0.520. The van der Waals surface area contributed by atoms with Crippen molar-refractivity contribution in [2.45, 2.75) is 70.6 Å². The number of aromatic nitrogens is 1. The first-order valence-electron chi connectivity index (χ1n) is 11.2. The van der Waals surface area contributed by atoms with Crippen LogP contribution < -0.4 is 4.74 Å². The number of benzene rings is 1. The summed E-state index contributed by atoms with van der Waals surface area (Å²) in [7, 11) is 1.43. The molecule has 0 radical (unpaired) electrons. The molecule has 0 saturated heterocycles. The van der Waals surface area contributed by atoms with Gasteiger partial charge in [-0.25, -0.2) is 4.98 Å². The van der Waals surface area contributed by atoms with Gasteiger partial charge in [0.15, 0.2) is 0 Å². The van der Waals surface area contributed by atoms with Gasteiger partial charge in [-0.15, -0.1) is 11.3 Å². The highest BCUT2D eigenvalue weighted by Crippen LogP contribution is 2.37. The van der Waals surface area contributed by atoms with E-state index in [4.69, 9.17) is 14.5 Å². The lowest BCUT2D eigenvalue weighted by molar-refractivity contribution is -0.140. The van der Waals surface area contributed by atoms with Gasteiger partial charge in [-0.1, -0.05) is 12.1 Å². The molecule has 2 aromatic rings. The highest BCUT2D eigenvalue weighted by Gasteiger charge is 2.21. The molecule has 2 aliphatic carbocycles. The Labute approximate surface area is 183 Å². The molecule has 0 saturated carbocycles. The van der Waals surface area contributed by atoms with Crippen LogP contribution in [0.1, 0.15) is 72.5 Å². The molecule has 0 spiro atoms. The van der Waals surface area contributed by atoms with Gasteiger partial charge in [0.05, 0.1) is 12.8 Å². The SMILES string of the molecule is COC(=O)CCCc1ccc(OCC2=C(c3nc4c(s3)CCCC4)CCCC2)cc1. The average molecular weight is 426 g/mol. The van der Waals surface area contributed by atoms with Crippen molar-refractivity contribution in [2.24, 2.45) is 0 Å². The van der Waals surface area contributed by atoms with Crippen molar-refractivity contribution < 1.29 is 14.3 Å². The number of hydrogen-bond acceptors (Lipinski definition) is 5. The third-order valence-corrected chi connectivity index (χ3v) is 7.31. The van der Waals surface area contributed by atoms with Crippen LogP contribution in [0.4, 0.5) is 0 Å². The average Bonchev–Trinajstić information content (AvgIpc) is 3.23. The first-order valence-corrected chi connectivity index (χ1v) is 12.0. The smallest absolute Gasteiger partial charge is 0.305 e. The summed E-state index contributed by atoms with van der Waals surface area (Å²) in [5.41, 5.74) is 5.44. The van der Waals surface area contributed by atoms with E-state index in [0.717, 1.165) is 37.9 Å². The second-order valence-electron chi connectivity index (χ2n) is 8.25. The maximum Gasteiger partial charge on any atom is 0.305 e. The third kappa shape index (κ3) is 5.31. The second-order valence-corrected chi connectivity index (χ2v) is 9.33. The minimum Gasteiger partial charge on any atom is -0.489 e. The first kappa shape index (κ1) is 21.1. The molecule has 160 valence electrons. The summed E-state index contributed by atoms with van der Waals surface area (Å²) in [6.45, 7) is 0.654. The number of allylic oxidation sites excluding steroid dienone is 1. The maximum absolute atomic E-state index is 11.2. The highest BCUT2D eigenvalue weighted by molar-refractivity contribution is 7.12. The maximum atomic E-state index is 11.2. The molecule has 0 amide bonds. The first-order chi connectivity index (χ1) is 14.7. The summed E-state index contributed by atoms with van der Waals surface area (Å²) < 4.78 is 10.9. The molecule has 30 heavy (non-hydrogen) atoms. The van der Waals surface area contributed by atoms with E-state index in [0.29, 0.717) is 13.0 Å². The number of fused-ring (bicyclic) bond motifs is 1. The van der Waals surface area contributed by atoms with E-state index in [1.165, 1.54) is 71.5 Å². The number of thiazole rings is 1. The van der Waals surface area contributed by atoms with Crippen LogP contribution in [0.2, 0.25) is 0 Å². The molecule has 2 aliphatic rings. The molecule has 0 N–H and O–H groups in total. The molecule has 4 nitrogen and oxygen atoms in total. The van der Waals surface area contributed by atoms with Gasteiger partial charge < -0.3 is 9.47 Å². The van der Waals surface area contributed by atoms with Crippen LogP contribution in [0, 0.1) is 0 Å². The van der Waals surface area contributed by atoms with Crippen molar-refractivity contribution in [1.82, 2.24) is 4.98 Å². The van der Waals surface area contributed by atoms with Gasteiger partial charge in [0, 0.05) is 11.3 Å². The lowest BCUT2D eigenvalue weighted by Crippen LogP contribution is -2.08. The zero-order chi connectivity index (χ0) is 20.8. The summed E-state index contributed by atoms with van der Waals surface area (Å²) in [6, 6.07) is 8.27. The largest absolute Gasteiger partial charge is 0.489 e. The number of carbonyl (C=O) groups excluding carboxylic acids is 1. The Hall–Kier alpha value is -2.14. The van der Waals surface area contributed by atoms with Crippen molar-refractivity contribution in [2.75, 3.05) is 13.7 Å². The Morgan fingerprint density at radius 3 is 2.60 bits per heavy atom. The van der Waals surface area contributed by atoms with Gasteiger partial charge in [-0.2, -0.15) is 0 Å². The Kier molecular flexibility index (Phi) is 7.21. The van der Waals surface area contributed by atoms with Gasteiger partial charge in [-0.05, 0) is 93.1 Å². The number of esters is 1. The topological polar surface area (TPSA) is 48.4 Å². The van der Waals surface area contributed by atoms with Gasteiger partial charge in [0.25, 0.3) is 0 Å². The van der Waals surface area contributed by atoms with E-state index in [2.05, 4.69) is 12.1 Å². The van der Waals surface area contributed by atoms with Crippen LogP contribution in [0.15, 0.2) is 29.8 Å². The van der Waals surface area contributed by atoms with Crippen LogP contribution in [0.25, 0.3) is 5.57 Å². The van der Waals surface area contributed by atoms with E-state index in [1.54, 1.807) is 0 Å². The quantitative estimate of drug-likeness (QED) is 0.492. The highest BCUT2D eigenvalue weighted by atomic mass is 32.1. The summed E-state index contributed by atoms with van der Waals surface area (Å²) in [6.07, 6.45) is 11.8. The van der Waals surface area contributed by atoms with Gasteiger partial charge in [0.1, 0.15) is 17.4 Å². The van der Waals surface area contributed by atoms with E-state index >= 15 is 0 Å². The lowest BCUT2D eigenvalue weighted by Gasteiger charge is -2.19. The van der Waals surface area contributed by atoms with Crippen molar-refractivity contribution >= 4 is 22.9 Å². The van der Waals surface area contributed by atoms with Crippen LogP contribution in [-0.2, 0) is 28.8 Å². The van der Waals surface area contributed by atoms with Crippen molar-refractivity contribution in [1.29, 1.82) is 0 Å². The van der Waals surface area contributed by atoms with Crippen molar-refractivity contribution in [3.8, 4) is 5.75 Å². The third-order valence-electron chi connectivity index (χ3n) is 6.10. The molecule has 1 aromatic carbocycles. The lowest BCUT2D eigenvalue weighted by atomic mass is 9.92. The Morgan fingerprint density at radius 1 is 1.03 bits per heavy atom. The summed E-state index contributed by atoms with van der Waals surface area (Å²) >= 11 is 1.92. The number of nitrogens with zero attached hydrogens (tertiary/aromatic N) is 1. The predicted octanol–water partition coefficient (Wildman–Crippen LogP) is 5.92. The second kappa shape index (κ2) is 10.3. The number of aryl methyl sites for hydroxylation is 3. The number of hydrogen-bond donors (Lipinski definition) is 0. The van der Waals surface area contributed by atoms with Crippen LogP contribution >= 0.6 is 11.3 Å². The van der Waals surface area contributed by atoms with Crippen LogP contribution in [0.3, 0.4) is 0 Å². The Bertz CT molecular complexity index is 874. The number of rotatable bonds is 8. The van der Waals surface area contributed by atoms with Gasteiger partial charge in [-0.3, -0.25) is 4.79 Å². The van der Waals surface area contributed by atoms with Crippen molar-refractivity contribution in [3.05, 3.63) is 51.0 Å². The monoisotopic (exact) mass is 425 g/mol. The molecule has 0 atom stereocenters. The van der Waals surface area contributed by atoms with Crippen LogP contribution in [-0.4, -0.2) is 24.7 Å². The fourth-order valence-electron chi connectivity index (χ4n) is 4.33. The Balaban J connectivity index is 1.37. The predicted molar refractivity (Wildman–Crippen MR) is 121 cm³/mol. The number of methoxy groups -OCH3 is 1. The summed E-state index contributed by atoms with van der Waals surface area (Å²) in [5.74, 6) is 0.759. The molecule has 0 bridgehead atoms. The van der Waals surface area contributed by atoms with E-state index in [9.17, 15) is 4.79 Å². The summed E-state index contributed by atoms with van der Waals surface area (Å²) in [5, 5.41) is 1.25. The van der Waals surface area contributed by atoms with E-state index in [-0.39, 0.29) is 5.97 Å². The van der Waals surface area contributed by atoms with Crippen molar-refractivity contribution in [3.63, 3.8) is 0 Å². The van der Waals surface area contributed by atoms with E-state index < -0.39 is 0 Å². The molecular weight excluding hydrogens is 394 g/mol. The van der Waals surface area contributed by atoms with E-state index in [1.807, 2.05) is 23.5 Å². The number of carbonyl (C=O) groups is 1. The zero-order valence-corrected chi connectivity index (χ0v) is 18.7. The molecule has 0 aliphatic heterocycles.